The van der Waals surface area contributed by atoms with E-state index < -0.39 is 13.0 Å². The molecule has 106 valence electrons. The fraction of sp³-hybridized carbons (Fsp3) is 0.462. The molecule has 0 aliphatic rings. The molecule has 19 heavy (non-hydrogen) atoms. The Morgan fingerprint density at radius 2 is 2.00 bits per heavy atom. The van der Waals surface area contributed by atoms with E-state index in [0.29, 0.717) is 6.54 Å². The summed E-state index contributed by atoms with van der Waals surface area (Å²) in [6.07, 6.45) is -2.44. The van der Waals surface area contributed by atoms with Crippen LogP contribution in [0.2, 0.25) is 0 Å². The average molecular weight is 273 g/mol. The minimum absolute atomic E-state index is 0.0108. The van der Waals surface area contributed by atoms with Crippen molar-refractivity contribution in [1.29, 1.82) is 0 Å². The van der Waals surface area contributed by atoms with Gasteiger partial charge in [0.2, 0.25) is 5.91 Å². The molecule has 6 heteroatoms. The highest BCUT2D eigenvalue weighted by Crippen LogP contribution is 2.11. The van der Waals surface area contributed by atoms with Crippen molar-refractivity contribution in [3.8, 4) is 5.75 Å². The van der Waals surface area contributed by atoms with Crippen LogP contribution in [-0.4, -0.2) is 42.6 Å². The van der Waals surface area contributed by atoms with Crippen LogP contribution in [0.4, 0.5) is 8.78 Å². The second kappa shape index (κ2) is 7.68. The normalized spacial score (nSPS) is 10.7. The van der Waals surface area contributed by atoms with Gasteiger partial charge >= 0.3 is 0 Å². The zero-order valence-corrected chi connectivity index (χ0v) is 10.7. The molecule has 4 nitrogen and oxygen atoms in total. The van der Waals surface area contributed by atoms with Gasteiger partial charge in [0.05, 0.1) is 13.0 Å². The lowest BCUT2D eigenvalue weighted by Crippen LogP contribution is -2.27. The molecular weight excluding hydrogens is 256 g/mol. The molecule has 1 N–H and O–H groups in total. The first-order valence-electron chi connectivity index (χ1n) is 5.87. The van der Waals surface area contributed by atoms with E-state index in [1.165, 1.54) is 4.90 Å². The molecule has 0 bridgehead atoms. The summed E-state index contributed by atoms with van der Waals surface area (Å²) >= 11 is 0. The Kier molecular flexibility index (Phi) is 6.21. The van der Waals surface area contributed by atoms with Crippen LogP contribution in [0.15, 0.2) is 24.3 Å². The molecule has 1 aromatic rings. The van der Waals surface area contributed by atoms with Crippen LogP contribution in [-0.2, 0) is 16.1 Å². The number of phenols is 1. The van der Waals surface area contributed by atoms with E-state index in [1.54, 1.807) is 31.3 Å². The number of ether oxygens (including phenoxy) is 1. The number of carbonyl (C=O) groups excluding carboxylic acids is 1. The van der Waals surface area contributed by atoms with Crippen molar-refractivity contribution in [3.05, 3.63) is 29.8 Å². The number of halogens is 2. The van der Waals surface area contributed by atoms with Crippen molar-refractivity contribution in [1.82, 2.24) is 4.90 Å². The Balaban J connectivity index is 2.30. The van der Waals surface area contributed by atoms with Gasteiger partial charge in [0.1, 0.15) is 12.4 Å². The van der Waals surface area contributed by atoms with Crippen LogP contribution in [0.25, 0.3) is 0 Å². The predicted octanol–water partition coefficient (Wildman–Crippen LogP) is 2.02. The smallest absolute Gasteiger partial charge is 0.261 e. The van der Waals surface area contributed by atoms with Gasteiger partial charge in [0, 0.05) is 13.6 Å². The third-order valence-corrected chi connectivity index (χ3v) is 2.49. The second-order valence-corrected chi connectivity index (χ2v) is 4.13. The Morgan fingerprint density at radius 1 is 1.37 bits per heavy atom. The number of rotatable bonds is 7. The monoisotopic (exact) mass is 273 g/mol. The zero-order chi connectivity index (χ0) is 14.3. The quantitative estimate of drug-likeness (QED) is 0.773. The number of alkyl halides is 2. The van der Waals surface area contributed by atoms with Crippen LogP contribution >= 0.6 is 0 Å². The lowest BCUT2D eigenvalue weighted by atomic mass is 10.2. The lowest BCUT2D eigenvalue weighted by molar-refractivity contribution is -0.132. The highest BCUT2D eigenvalue weighted by Gasteiger charge is 2.10. The SMILES string of the molecule is CN(Cc1ccc(O)cc1)C(=O)CCOCC(F)F. The number of nitrogens with zero attached hydrogens (tertiary/aromatic N) is 1. The Morgan fingerprint density at radius 3 is 2.58 bits per heavy atom. The van der Waals surface area contributed by atoms with Gasteiger partial charge in [-0.1, -0.05) is 12.1 Å². The van der Waals surface area contributed by atoms with Crippen LogP contribution in [0, 0.1) is 0 Å². The summed E-state index contributed by atoms with van der Waals surface area (Å²) < 4.78 is 28.2. The number of benzene rings is 1. The number of aromatic hydroxyl groups is 1. The minimum Gasteiger partial charge on any atom is -0.508 e. The first kappa shape index (κ1) is 15.4. The molecule has 0 fully saturated rings. The third-order valence-electron chi connectivity index (χ3n) is 2.49. The van der Waals surface area contributed by atoms with E-state index in [2.05, 4.69) is 4.74 Å². The van der Waals surface area contributed by atoms with E-state index in [-0.39, 0.29) is 24.7 Å². The van der Waals surface area contributed by atoms with Gasteiger partial charge in [0.25, 0.3) is 6.43 Å². The molecule has 0 aliphatic carbocycles. The van der Waals surface area contributed by atoms with Crippen LogP contribution in [0.5, 0.6) is 5.75 Å². The first-order chi connectivity index (χ1) is 8.99. The number of amides is 1. The molecule has 1 aromatic carbocycles. The molecule has 0 heterocycles. The number of hydrogen-bond donors (Lipinski definition) is 1. The topological polar surface area (TPSA) is 49.8 Å². The van der Waals surface area contributed by atoms with Gasteiger partial charge in [-0.3, -0.25) is 4.79 Å². The van der Waals surface area contributed by atoms with Crippen LogP contribution in [0.3, 0.4) is 0 Å². The highest BCUT2D eigenvalue weighted by molar-refractivity contribution is 5.75. The van der Waals surface area contributed by atoms with Crippen LogP contribution in [0.1, 0.15) is 12.0 Å². The molecule has 0 unspecified atom stereocenters. The fourth-order valence-corrected chi connectivity index (χ4v) is 1.49. The summed E-state index contributed by atoms with van der Waals surface area (Å²) in [7, 11) is 1.63. The fourth-order valence-electron chi connectivity index (χ4n) is 1.49. The molecule has 0 saturated heterocycles. The van der Waals surface area contributed by atoms with Crippen LogP contribution < -0.4 is 0 Å². The van der Waals surface area contributed by atoms with Gasteiger partial charge in [-0.05, 0) is 17.7 Å². The van der Waals surface area contributed by atoms with E-state index >= 15 is 0 Å². The molecule has 0 saturated carbocycles. The maximum absolute atomic E-state index is 11.8. The van der Waals surface area contributed by atoms with Gasteiger partial charge < -0.3 is 14.7 Å². The van der Waals surface area contributed by atoms with Crippen molar-refractivity contribution < 1.29 is 23.4 Å². The maximum atomic E-state index is 11.8. The van der Waals surface area contributed by atoms with E-state index in [9.17, 15) is 13.6 Å². The summed E-state index contributed by atoms with van der Waals surface area (Å²) in [5, 5.41) is 9.13. The Hall–Kier alpha value is -1.69. The van der Waals surface area contributed by atoms with Crippen molar-refractivity contribution >= 4 is 5.91 Å². The predicted molar refractivity (Wildman–Crippen MR) is 66.0 cm³/mol. The molecule has 1 amide bonds. The standard InChI is InChI=1S/C13H17F2NO3/c1-16(8-10-2-4-11(17)5-3-10)13(18)6-7-19-9-12(14)15/h2-5,12,17H,6-9H2,1H3. The van der Waals surface area contributed by atoms with Crippen molar-refractivity contribution in [3.63, 3.8) is 0 Å². The molecule has 1 rings (SSSR count). The molecule has 0 radical (unpaired) electrons. The third kappa shape index (κ3) is 6.15. The second-order valence-electron chi connectivity index (χ2n) is 4.13. The maximum Gasteiger partial charge on any atom is 0.261 e. The van der Waals surface area contributed by atoms with Gasteiger partial charge in [0.15, 0.2) is 0 Å². The van der Waals surface area contributed by atoms with Crippen molar-refractivity contribution in [2.45, 2.75) is 19.4 Å². The number of carbonyl (C=O) groups is 1. The molecule has 0 atom stereocenters. The summed E-state index contributed by atoms with van der Waals surface area (Å²) in [6, 6.07) is 6.51. The molecular formula is C13H17F2NO3. The van der Waals surface area contributed by atoms with Crippen molar-refractivity contribution in [2.24, 2.45) is 0 Å². The van der Waals surface area contributed by atoms with E-state index in [1.807, 2.05) is 0 Å². The summed E-state index contributed by atoms with van der Waals surface area (Å²) in [5.74, 6) is -0.0135. The van der Waals surface area contributed by atoms with Gasteiger partial charge in [-0.2, -0.15) is 0 Å². The first-order valence-corrected chi connectivity index (χ1v) is 5.87. The Bertz CT molecular complexity index is 395. The molecule has 0 spiro atoms. The average Bonchev–Trinajstić information content (AvgIpc) is 2.36. The number of hydrogen-bond acceptors (Lipinski definition) is 3. The lowest BCUT2D eigenvalue weighted by Gasteiger charge is -2.17. The van der Waals surface area contributed by atoms with E-state index in [0.717, 1.165) is 5.56 Å². The molecule has 0 aromatic heterocycles. The van der Waals surface area contributed by atoms with Gasteiger partial charge in [-0.15, -0.1) is 0 Å². The van der Waals surface area contributed by atoms with Crippen molar-refractivity contribution in [2.75, 3.05) is 20.3 Å². The minimum atomic E-state index is -2.51. The number of phenolic OH excluding ortho intramolecular Hbond substituents is 1. The molecule has 0 aliphatic heterocycles. The van der Waals surface area contributed by atoms with Gasteiger partial charge in [-0.25, -0.2) is 8.78 Å². The Labute approximate surface area is 110 Å². The summed E-state index contributed by atoms with van der Waals surface area (Å²) in [5.41, 5.74) is 0.877. The zero-order valence-electron chi connectivity index (χ0n) is 10.7. The largest absolute Gasteiger partial charge is 0.508 e. The summed E-state index contributed by atoms with van der Waals surface area (Å²) in [6.45, 7) is -0.258. The highest BCUT2D eigenvalue weighted by atomic mass is 19.3. The summed E-state index contributed by atoms with van der Waals surface area (Å²) in [4.78, 5) is 13.2. The van der Waals surface area contributed by atoms with E-state index in [4.69, 9.17) is 5.11 Å².